The van der Waals surface area contributed by atoms with Crippen LogP contribution in [0.15, 0.2) is 48.8 Å². The maximum absolute atomic E-state index is 5.40. The van der Waals surface area contributed by atoms with E-state index in [4.69, 9.17) is 9.47 Å². The first-order valence-corrected chi connectivity index (χ1v) is 6.85. The number of ether oxygens (including phenoxy) is 2. The fraction of sp³-hybridized carbons (Fsp3) is 0.333. The molecule has 0 atom stereocenters. The number of aryl methyl sites for hydroxylation is 1. The predicted molar refractivity (Wildman–Crippen MR) is 88.0 cm³/mol. The topological polar surface area (TPSA) is 18.5 Å². The zero-order valence-electron chi connectivity index (χ0n) is 13.5. The van der Waals surface area contributed by atoms with E-state index < -0.39 is 0 Å². The Morgan fingerprint density at radius 1 is 1.20 bits per heavy atom. The fourth-order valence-corrected chi connectivity index (χ4v) is 1.72. The van der Waals surface area contributed by atoms with Crippen molar-refractivity contribution in [3.8, 4) is 5.75 Å². The van der Waals surface area contributed by atoms with Gasteiger partial charge in [0.15, 0.2) is 0 Å². The molecule has 110 valence electrons. The second-order valence-electron chi connectivity index (χ2n) is 3.90. The fourth-order valence-electron chi connectivity index (χ4n) is 1.72. The van der Waals surface area contributed by atoms with Crippen molar-refractivity contribution in [2.45, 2.75) is 27.7 Å². The van der Waals surface area contributed by atoms with Crippen molar-refractivity contribution in [2.24, 2.45) is 0 Å². The van der Waals surface area contributed by atoms with Crippen molar-refractivity contribution in [1.82, 2.24) is 0 Å². The van der Waals surface area contributed by atoms with Gasteiger partial charge in [-0.15, -0.1) is 0 Å². The van der Waals surface area contributed by atoms with E-state index in [9.17, 15) is 0 Å². The number of methoxy groups -OCH3 is 2. The van der Waals surface area contributed by atoms with Gasteiger partial charge in [-0.05, 0) is 43.7 Å². The first-order valence-electron chi connectivity index (χ1n) is 6.85. The Kier molecular flexibility index (Phi) is 8.93. The molecule has 0 aliphatic heterocycles. The van der Waals surface area contributed by atoms with Crippen LogP contribution in [-0.2, 0) is 4.74 Å². The van der Waals surface area contributed by atoms with Crippen LogP contribution in [-0.4, -0.2) is 14.2 Å². The third-order valence-electron chi connectivity index (χ3n) is 2.71. The monoisotopic (exact) mass is 274 g/mol. The summed E-state index contributed by atoms with van der Waals surface area (Å²) >= 11 is 0. The SMILES string of the molecule is C=C/C(=C\C(=C/C)c1cc(C)ccc1OC)OC.CC. The molecule has 2 nitrogen and oxygen atoms in total. The Hall–Kier alpha value is -1.96. The molecule has 20 heavy (non-hydrogen) atoms. The first-order chi connectivity index (χ1) is 9.65. The summed E-state index contributed by atoms with van der Waals surface area (Å²) in [6.07, 6.45) is 5.66. The molecule has 0 spiro atoms. The number of rotatable bonds is 5. The Labute approximate surface area is 123 Å². The molecule has 0 bridgehead atoms. The molecule has 0 saturated heterocycles. The van der Waals surface area contributed by atoms with Crippen molar-refractivity contribution in [3.63, 3.8) is 0 Å². The molecule has 0 N–H and O–H groups in total. The summed E-state index contributed by atoms with van der Waals surface area (Å²) in [5.41, 5.74) is 3.29. The highest BCUT2D eigenvalue weighted by Gasteiger charge is 2.07. The van der Waals surface area contributed by atoms with E-state index in [1.807, 2.05) is 45.1 Å². The van der Waals surface area contributed by atoms with E-state index in [2.05, 4.69) is 19.6 Å². The van der Waals surface area contributed by atoms with Gasteiger partial charge in [-0.3, -0.25) is 0 Å². The molecule has 0 fully saturated rings. The van der Waals surface area contributed by atoms with Gasteiger partial charge in [0.25, 0.3) is 0 Å². The lowest BCUT2D eigenvalue weighted by atomic mass is 10.0. The van der Waals surface area contributed by atoms with Crippen LogP contribution in [0.25, 0.3) is 5.57 Å². The Bertz CT molecular complexity index is 482. The van der Waals surface area contributed by atoms with Crippen LogP contribution in [0.4, 0.5) is 0 Å². The smallest absolute Gasteiger partial charge is 0.126 e. The molecule has 0 unspecified atom stereocenters. The van der Waals surface area contributed by atoms with Gasteiger partial charge in [0, 0.05) is 5.56 Å². The molecule has 1 aromatic carbocycles. The third kappa shape index (κ3) is 4.96. The number of hydrogen-bond donors (Lipinski definition) is 0. The van der Waals surface area contributed by atoms with Crippen molar-refractivity contribution in [3.05, 3.63) is 59.9 Å². The largest absolute Gasteiger partial charge is 0.497 e. The summed E-state index contributed by atoms with van der Waals surface area (Å²) in [7, 11) is 3.31. The van der Waals surface area contributed by atoms with Crippen LogP contribution in [0, 0.1) is 6.92 Å². The molecule has 0 heterocycles. The molecule has 0 amide bonds. The lowest BCUT2D eigenvalue weighted by Crippen LogP contribution is -1.92. The summed E-state index contributed by atoms with van der Waals surface area (Å²) in [5.74, 6) is 1.58. The Balaban J connectivity index is 0.00000172. The molecular weight excluding hydrogens is 248 g/mol. The van der Waals surface area contributed by atoms with Gasteiger partial charge in [-0.25, -0.2) is 0 Å². The molecule has 0 aliphatic rings. The predicted octanol–water partition coefficient (Wildman–Crippen LogP) is 5.15. The second kappa shape index (κ2) is 9.90. The maximum Gasteiger partial charge on any atom is 0.126 e. The van der Waals surface area contributed by atoms with E-state index in [0.29, 0.717) is 0 Å². The third-order valence-corrected chi connectivity index (χ3v) is 2.71. The summed E-state index contributed by atoms with van der Waals surface area (Å²) in [4.78, 5) is 0. The van der Waals surface area contributed by atoms with Crippen LogP contribution in [0.1, 0.15) is 31.9 Å². The average molecular weight is 274 g/mol. The number of benzene rings is 1. The van der Waals surface area contributed by atoms with Crippen LogP contribution < -0.4 is 4.74 Å². The second-order valence-corrected chi connectivity index (χ2v) is 3.90. The number of allylic oxidation sites excluding steroid dienone is 4. The van der Waals surface area contributed by atoms with E-state index in [1.165, 1.54) is 5.56 Å². The maximum atomic E-state index is 5.40. The van der Waals surface area contributed by atoms with Crippen LogP contribution in [0.5, 0.6) is 5.75 Å². The van der Waals surface area contributed by atoms with Gasteiger partial charge < -0.3 is 9.47 Å². The minimum Gasteiger partial charge on any atom is -0.497 e. The molecule has 2 heteroatoms. The normalized spacial score (nSPS) is 11.3. The lowest BCUT2D eigenvalue weighted by molar-refractivity contribution is 0.307. The van der Waals surface area contributed by atoms with Gasteiger partial charge in [-0.2, -0.15) is 0 Å². The summed E-state index contributed by atoms with van der Waals surface area (Å²) in [6.45, 7) is 11.8. The molecule has 1 rings (SSSR count). The Morgan fingerprint density at radius 2 is 1.85 bits per heavy atom. The van der Waals surface area contributed by atoms with Crippen LogP contribution in [0.2, 0.25) is 0 Å². The standard InChI is InChI=1S/C16H20O2.C2H6/c1-6-13(11-14(7-2)17-4)15-10-12(3)8-9-16(15)18-5;1-2/h6-11H,2H2,1,3-5H3;1-2H3/b13-6+,14-11+;. The minimum atomic E-state index is 0.728. The number of hydrogen-bond acceptors (Lipinski definition) is 2. The minimum absolute atomic E-state index is 0.728. The molecule has 1 aromatic rings. The highest BCUT2D eigenvalue weighted by Crippen LogP contribution is 2.28. The molecule has 0 saturated carbocycles. The van der Waals surface area contributed by atoms with Crippen molar-refractivity contribution >= 4 is 5.57 Å². The average Bonchev–Trinajstić information content (AvgIpc) is 2.50. The zero-order valence-corrected chi connectivity index (χ0v) is 13.5. The van der Waals surface area contributed by atoms with E-state index >= 15 is 0 Å². The summed E-state index contributed by atoms with van der Waals surface area (Å²) < 4.78 is 10.6. The lowest BCUT2D eigenvalue weighted by Gasteiger charge is -2.11. The van der Waals surface area contributed by atoms with Crippen LogP contribution >= 0.6 is 0 Å². The van der Waals surface area contributed by atoms with E-state index in [-0.39, 0.29) is 0 Å². The Morgan fingerprint density at radius 3 is 2.30 bits per heavy atom. The van der Waals surface area contributed by atoms with E-state index in [1.54, 1.807) is 20.3 Å². The zero-order chi connectivity index (χ0) is 15.5. The molecular formula is C18H26O2. The van der Waals surface area contributed by atoms with Crippen molar-refractivity contribution in [1.29, 1.82) is 0 Å². The van der Waals surface area contributed by atoms with Gasteiger partial charge in [0.05, 0.1) is 14.2 Å². The first kappa shape index (κ1) is 18.0. The quantitative estimate of drug-likeness (QED) is 0.546. The molecule has 0 aromatic heterocycles. The molecule has 0 radical (unpaired) electrons. The van der Waals surface area contributed by atoms with E-state index in [0.717, 1.165) is 22.6 Å². The van der Waals surface area contributed by atoms with Gasteiger partial charge >= 0.3 is 0 Å². The van der Waals surface area contributed by atoms with Crippen molar-refractivity contribution < 1.29 is 9.47 Å². The summed E-state index contributed by atoms with van der Waals surface area (Å²) in [6, 6.07) is 6.10. The van der Waals surface area contributed by atoms with Crippen LogP contribution in [0.3, 0.4) is 0 Å². The highest BCUT2D eigenvalue weighted by molar-refractivity contribution is 5.78. The molecule has 0 aliphatic carbocycles. The van der Waals surface area contributed by atoms with Crippen molar-refractivity contribution in [2.75, 3.05) is 14.2 Å². The highest BCUT2D eigenvalue weighted by atomic mass is 16.5. The van der Waals surface area contributed by atoms with Gasteiger partial charge in [0.1, 0.15) is 11.5 Å². The summed E-state index contributed by atoms with van der Waals surface area (Å²) in [5, 5.41) is 0. The van der Waals surface area contributed by atoms with Gasteiger partial charge in [-0.1, -0.05) is 38.1 Å². The van der Waals surface area contributed by atoms with Gasteiger partial charge in [0.2, 0.25) is 0 Å².